The highest BCUT2D eigenvalue weighted by Gasteiger charge is 2.09. The van der Waals surface area contributed by atoms with Gasteiger partial charge in [-0.05, 0) is 23.2 Å². The number of rotatable bonds is 10. The molecule has 2 aromatic carbocycles. The predicted octanol–water partition coefficient (Wildman–Crippen LogP) is 0.979. The molecule has 0 fully saturated rings. The van der Waals surface area contributed by atoms with E-state index in [1.165, 1.54) is 0 Å². The minimum atomic E-state index is -1.46. The van der Waals surface area contributed by atoms with Gasteiger partial charge in [0.05, 0.1) is 26.4 Å². The summed E-state index contributed by atoms with van der Waals surface area (Å²) >= 11 is 0. The van der Waals surface area contributed by atoms with Crippen LogP contribution >= 0.6 is 0 Å². The second kappa shape index (κ2) is 10.0. The lowest BCUT2D eigenvalue weighted by molar-refractivity contribution is 0.0303. The van der Waals surface area contributed by atoms with Crippen molar-refractivity contribution in [1.82, 2.24) is 0 Å². The normalized spacial score (nSPS) is 10.5. The fourth-order valence-corrected chi connectivity index (χ4v) is 1.94. The summed E-state index contributed by atoms with van der Waals surface area (Å²) in [7, 11) is -1.46. The van der Waals surface area contributed by atoms with Crippen molar-refractivity contribution in [3.63, 3.8) is 0 Å². The summed E-state index contributed by atoms with van der Waals surface area (Å²) in [4.78, 5) is 0. The first kappa shape index (κ1) is 17.5. The zero-order valence-corrected chi connectivity index (χ0v) is 12.9. The van der Waals surface area contributed by atoms with Crippen molar-refractivity contribution in [3.05, 3.63) is 60.2 Å². The summed E-state index contributed by atoms with van der Waals surface area (Å²) in [6.07, 6.45) is 0. The summed E-state index contributed by atoms with van der Waals surface area (Å²) < 4.78 is 16.4. The molecule has 2 N–H and O–H groups in total. The lowest BCUT2D eigenvalue weighted by atomic mass is 9.80. The van der Waals surface area contributed by atoms with Crippen molar-refractivity contribution < 1.29 is 24.3 Å². The molecule has 0 heterocycles. The molecular formula is C17H21BO5. The maximum Gasteiger partial charge on any atom is 0.488 e. The molecule has 0 aliphatic carbocycles. The van der Waals surface area contributed by atoms with Gasteiger partial charge in [-0.1, -0.05) is 42.5 Å². The standard InChI is InChI=1S/C17H21BO5/c19-18(20)16-6-8-17(9-7-16)23-13-12-21-10-11-22-14-15-4-2-1-3-5-15/h1-9,19-20H,10-14H2. The van der Waals surface area contributed by atoms with Crippen LogP contribution in [0.1, 0.15) is 5.56 Å². The van der Waals surface area contributed by atoms with Crippen molar-refractivity contribution in [2.45, 2.75) is 6.61 Å². The first-order valence-corrected chi connectivity index (χ1v) is 7.54. The Bertz CT molecular complexity index is 545. The van der Waals surface area contributed by atoms with Crippen LogP contribution < -0.4 is 10.2 Å². The average molecular weight is 316 g/mol. The van der Waals surface area contributed by atoms with E-state index in [0.717, 1.165) is 5.56 Å². The molecule has 6 heteroatoms. The molecule has 0 aliphatic rings. The first-order valence-electron chi connectivity index (χ1n) is 7.54. The molecule has 23 heavy (non-hydrogen) atoms. The summed E-state index contributed by atoms with van der Waals surface area (Å²) in [5, 5.41) is 18.0. The SMILES string of the molecule is OB(O)c1ccc(OCCOCCOCc2ccccc2)cc1. The molecule has 5 nitrogen and oxygen atoms in total. The third-order valence-corrected chi connectivity index (χ3v) is 3.16. The monoisotopic (exact) mass is 316 g/mol. The fourth-order valence-electron chi connectivity index (χ4n) is 1.94. The van der Waals surface area contributed by atoms with E-state index in [9.17, 15) is 0 Å². The minimum Gasteiger partial charge on any atom is -0.491 e. The van der Waals surface area contributed by atoms with Crippen LogP contribution in [0.25, 0.3) is 0 Å². The molecule has 2 rings (SSSR count). The van der Waals surface area contributed by atoms with Gasteiger partial charge in [-0.15, -0.1) is 0 Å². The van der Waals surface area contributed by atoms with Crippen LogP contribution in [0.2, 0.25) is 0 Å². The van der Waals surface area contributed by atoms with Crippen molar-refractivity contribution >= 4 is 12.6 Å². The average Bonchev–Trinajstić information content (AvgIpc) is 2.58. The number of benzene rings is 2. The molecule has 0 aliphatic heterocycles. The number of hydrogen-bond acceptors (Lipinski definition) is 5. The van der Waals surface area contributed by atoms with Crippen LogP contribution in [0.3, 0.4) is 0 Å². The van der Waals surface area contributed by atoms with Crippen LogP contribution in [0, 0.1) is 0 Å². The second-order valence-corrected chi connectivity index (χ2v) is 4.94. The van der Waals surface area contributed by atoms with Crippen molar-refractivity contribution in [2.24, 2.45) is 0 Å². The molecule has 0 aromatic heterocycles. The molecule has 0 radical (unpaired) electrons. The topological polar surface area (TPSA) is 68.2 Å². The predicted molar refractivity (Wildman–Crippen MR) is 88.7 cm³/mol. The summed E-state index contributed by atoms with van der Waals surface area (Å²) in [5.41, 5.74) is 1.58. The molecule has 122 valence electrons. The fraction of sp³-hybridized carbons (Fsp3) is 0.294. The maximum absolute atomic E-state index is 8.99. The highest BCUT2D eigenvalue weighted by Crippen LogP contribution is 2.07. The Morgan fingerprint density at radius 2 is 1.39 bits per heavy atom. The van der Waals surface area contributed by atoms with Gasteiger partial charge in [0.25, 0.3) is 0 Å². The lowest BCUT2D eigenvalue weighted by Gasteiger charge is -2.08. The smallest absolute Gasteiger partial charge is 0.488 e. The summed E-state index contributed by atoms with van der Waals surface area (Å²) in [6.45, 7) is 2.55. The van der Waals surface area contributed by atoms with Gasteiger partial charge in [-0.25, -0.2) is 0 Å². The van der Waals surface area contributed by atoms with Gasteiger partial charge in [0.15, 0.2) is 0 Å². The highest BCUT2D eigenvalue weighted by molar-refractivity contribution is 6.58. The Kier molecular flexibility index (Phi) is 7.62. The Morgan fingerprint density at radius 1 is 0.739 bits per heavy atom. The summed E-state index contributed by atoms with van der Waals surface area (Å²) in [5.74, 6) is 0.665. The van der Waals surface area contributed by atoms with Crippen molar-refractivity contribution in [2.75, 3.05) is 26.4 Å². The Morgan fingerprint density at radius 3 is 2.09 bits per heavy atom. The Labute approximate surface area is 136 Å². The second-order valence-electron chi connectivity index (χ2n) is 4.94. The first-order chi connectivity index (χ1) is 11.3. The summed E-state index contributed by atoms with van der Waals surface area (Å²) in [6, 6.07) is 16.6. The van der Waals surface area contributed by atoms with Crippen LogP contribution in [-0.2, 0) is 16.1 Å². The van der Waals surface area contributed by atoms with Crippen LogP contribution in [-0.4, -0.2) is 43.6 Å². The molecule has 0 unspecified atom stereocenters. The molecule has 2 aromatic rings. The molecule has 0 bridgehead atoms. The van der Waals surface area contributed by atoms with E-state index < -0.39 is 7.12 Å². The van der Waals surface area contributed by atoms with Crippen LogP contribution in [0.4, 0.5) is 0 Å². The largest absolute Gasteiger partial charge is 0.491 e. The highest BCUT2D eigenvalue weighted by atomic mass is 16.5. The van der Waals surface area contributed by atoms with E-state index in [0.29, 0.717) is 44.2 Å². The van der Waals surface area contributed by atoms with Gasteiger partial charge >= 0.3 is 7.12 Å². The van der Waals surface area contributed by atoms with Crippen LogP contribution in [0.5, 0.6) is 5.75 Å². The van der Waals surface area contributed by atoms with E-state index in [1.807, 2.05) is 30.3 Å². The number of hydrogen-bond donors (Lipinski definition) is 2. The molecule has 0 atom stereocenters. The Hall–Kier alpha value is -1.86. The molecular weight excluding hydrogens is 295 g/mol. The molecule has 0 saturated heterocycles. The van der Waals surface area contributed by atoms with Crippen LogP contribution in [0.15, 0.2) is 54.6 Å². The van der Waals surface area contributed by atoms with Gasteiger partial charge in [-0.3, -0.25) is 0 Å². The molecule has 0 amide bonds. The number of ether oxygens (including phenoxy) is 3. The van der Waals surface area contributed by atoms with Gasteiger partial charge in [0, 0.05) is 0 Å². The van der Waals surface area contributed by atoms with Gasteiger partial charge in [0.2, 0.25) is 0 Å². The zero-order chi connectivity index (χ0) is 16.3. The lowest BCUT2D eigenvalue weighted by Crippen LogP contribution is -2.29. The maximum atomic E-state index is 8.99. The quantitative estimate of drug-likeness (QED) is 0.505. The van der Waals surface area contributed by atoms with E-state index >= 15 is 0 Å². The van der Waals surface area contributed by atoms with Crippen molar-refractivity contribution in [3.8, 4) is 5.75 Å². The third kappa shape index (κ3) is 6.84. The molecule has 0 saturated carbocycles. The third-order valence-electron chi connectivity index (χ3n) is 3.16. The van der Waals surface area contributed by atoms with Gasteiger partial charge in [-0.2, -0.15) is 0 Å². The van der Waals surface area contributed by atoms with E-state index in [1.54, 1.807) is 24.3 Å². The molecule has 0 spiro atoms. The van der Waals surface area contributed by atoms with Gasteiger partial charge in [0.1, 0.15) is 12.4 Å². The Balaban J connectivity index is 1.49. The minimum absolute atomic E-state index is 0.430. The van der Waals surface area contributed by atoms with Crippen molar-refractivity contribution in [1.29, 1.82) is 0 Å². The van der Waals surface area contributed by atoms with E-state index in [2.05, 4.69) is 0 Å². The van der Waals surface area contributed by atoms with E-state index in [4.69, 9.17) is 24.3 Å². The van der Waals surface area contributed by atoms with E-state index in [-0.39, 0.29) is 0 Å². The zero-order valence-electron chi connectivity index (χ0n) is 12.9. The van der Waals surface area contributed by atoms with Gasteiger partial charge < -0.3 is 24.3 Å².